The lowest BCUT2D eigenvalue weighted by molar-refractivity contribution is 0.0730. The van der Waals surface area contributed by atoms with Crippen LogP contribution in [0.1, 0.15) is 33.3 Å². The van der Waals surface area contributed by atoms with Gasteiger partial charge in [0.25, 0.3) is 5.91 Å². The Morgan fingerprint density at radius 3 is 2.45 bits per heavy atom. The molecule has 0 N–H and O–H groups in total. The molecule has 0 saturated carbocycles. The number of benzene rings is 3. The van der Waals surface area contributed by atoms with Crippen molar-refractivity contribution in [1.82, 2.24) is 4.90 Å². The summed E-state index contributed by atoms with van der Waals surface area (Å²) in [5.74, 6) is 0.514. The van der Waals surface area contributed by atoms with Gasteiger partial charge in [-0.3, -0.25) is 9.59 Å². The summed E-state index contributed by atoms with van der Waals surface area (Å²) in [6.45, 7) is 0.385. The Labute approximate surface area is 200 Å². The van der Waals surface area contributed by atoms with E-state index in [-0.39, 0.29) is 17.1 Å². The minimum Gasteiger partial charge on any atom is -0.497 e. The number of ether oxygens (including phenoxy) is 1. The predicted molar refractivity (Wildman–Crippen MR) is 129 cm³/mol. The molecule has 4 aromatic rings. The Balaban J connectivity index is 1.60. The highest BCUT2D eigenvalue weighted by atomic mass is 35.5. The third kappa shape index (κ3) is 3.77. The summed E-state index contributed by atoms with van der Waals surface area (Å²) in [6.07, 6.45) is 0.593. The molecule has 1 aliphatic rings. The minimum absolute atomic E-state index is 0.0736. The van der Waals surface area contributed by atoms with Crippen molar-refractivity contribution in [3.05, 3.63) is 109 Å². The first-order valence-electron chi connectivity index (χ1n) is 10.4. The molecule has 2 heterocycles. The fourth-order valence-corrected chi connectivity index (χ4v) is 4.58. The van der Waals surface area contributed by atoms with Crippen LogP contribution in [-0.4, -0.2) is 24.5 Å². The number of carbonyl (C=O) groups is 1. The number of rotatable bonds is 5. The maximum Gasteiger partial charge on any atom is 0.290 e. The number of hydrogen-bond acceptors (Lipinski definition) is 4. The highest BCUT2D eigenvalue weighted by Crippen LogP contribution is 2.39. The molecule has 1 amide bonds. The molecule has 7 heteroatoms. The second kappa shape index (κ2) is 8.58. The lowest BCUT2D eigenvalue weighted by Gasteiger charge is -2.25. The van der Waals surface area contributed by atoms with Crippen LogP contribution in [0.2, 0.25) is 10.0 Å². The van der Waals surface area contributed by atoms with E-state index in [1.807, 2.05) is 24.3 Å². The molecule has 3 aromatic carbocycles. The summed E-state index contributed by atoms with van der Waals surface area (Å²) in [4.78, 5) is 28.6. The lowest BCUT2D eigenvalue weighted by Crippen LogP contribution is -2.31. The normalized spacial score (nSPS) is 15.2. The first-order chi connectivity index (χ1) is 16.0. The molecule has 0 unspecified atom stereocenters. The summed E-state index contributed by atoms with van der Waals surface area (Å²) in [6, 6.07) is 19.2. The second-order valence-electron chi connectivity index (χ2n) is 7.84. The average molecular weight is 480 g/mol. The first-order valence-corrected chi connectivity index (χ1v) is 11.2. The number of amides is 1. The fourth-order valence-electron chi connectivity index (χ4n) is 4.27. The third-order valence-corrected chi connectivity index (χ3v) is 6.67. The molecule has 0 bridgehead atoms. The van der Waals surface area contributed by atoms with E-state index in [1.165, 1.54) is 0 Å². The summed E-state index contributed by atoms with van der Waals surface area (Å²) in [5.41, 5.74) is 2.24. The fraction of sp³-hybridized carbons (Fsp3) is 0.154. The molecule has 0 radical (unpaired) electrons. The van der Waals surface area contributed by atoms with E-state index in [0.29, 0.717) is 45.1 Å². The van der Waals surface area contributed by atoms with Gasteiger partial charge in [-0.05, 0) is 53.9 Å². The van der Waals surface area contributed by atoms with Crippen LogP contribution in [0.5, 0.6) is 5.75 Å². The Morgan fingerprint density at radius 1 is 0.970 bits per heavy atom. The van der Waals surface area contributed by atoms with Gasteiger partial charge in [-0.15, -0.1) is 0 Å². The second-order valence-corrected chi connectivity index (χ2v) is 8.66. The van der Waals surface area contributed by atoms with Crippen LogP contribution in [0.4, 0.5) is 0 Å². The minimum atomic E-state index is -0.624. The predicted octanol–water partition coefficient (Wildman–Crippen LogP) is 5.90. The number of halogens is 2. The highest BCUT2D eigenvalue weighted by molar-refractivity contribution is 6.42. The van der Waals surface area contributed by atoms with E-state index in [2.05, 4.69) is 0 Å². The SMILES string of the molecule is COc1ccc(CCN2C(=O)c3oc4ccccc4c(=O)c3[C@H]2c2ccc(Cl)c(Cl)c2)cc1. The molecule has 1 aliphatic heterocycles. The van der Waals surface area contributed by atoms with Gasteiger partial charge in [0.2, 0.25) is 5.76 Å². The van der Waals surface area contributed by atoms with Gasteiger partial charge in [-0.25, -0.2) is 0 Å². The van der Waals surface area contributed by atoms with Gasteiger partial charge in [0.1, 0.15) is 11.3 Å². The van der Waals surface area contributed by atoms with Gasteiger partial charge >= 0.3 is 0 Å². The Bertz CT molecular complexity index is 1430. The number of hydrogen-bond donors (Lipinski definition) is 0. The van der Waals surface area contributed by atoms with E-state index in [9.17, 15) is 9.59 Å². The maximum absolute atomic E-state index is 13.5. The quantitative estimate of drug-likeness (QED) is 0.357. The molecule has 5 rings (SSSR count). The van der Waals surface area contributed by atoms with Gasteiger partial charge in [0.15, 0.2) is 5.43 Å². The van der Waals surface area contributed by atoms with Gasteiger partial charge in [0, 0.05) is 6.54 Å². The van der Waals surface area contributed by atoms with Crippen LogP contribution in [0, 0.1) is 0 Å². The van der Waals surface area contributed by atoms with Crippen LogP contribution in [0.15, 0.2) is 75.9 Å². The molecule has 33 heavy (non-hydrogen) atoms. The summed E-state index contributed by atoms with van der Waals surface area (Å²) >= 11 is 12.4. The van der Waals surface area contributed by atoms with Crippen molar-refractivity contribution < 1.29 is 13.9 Å². The first kappa shape index (κ1) is 21.6. The molecule has 0 spiro atoms. The molecule has 1 atom stereocenters. The molecule has 0 aliphatic carbocycles. The van der Waals surface area contributed by atoms with E-state index >= 15 is 0 Å². The van der Waals surface area contributed by atoms with Crippen molar-refractivity contribution in [3.8, 4) is 5.75 Å². The Hall–Kier alpha value is -3.28. The number of carbonyl (C=O) groups excluding carboxylic acids is 1. The number of para-hydroxylation sites is 1. The maximum atomic E-state index is 13.5. The van der Waals surface area contributed by atoms with Crippen LogP contribution in [0.25, 0.3) is 11.0 Å². The number of methoxy groups -OCH3 is 1. The summed E-state index contributed by atoms with van der Waals surface area (Å²) in [5, 5.41) is 1.20. The van der Waals surface area contributed by atoms with Crippen molar-refractivity contribution in [2.45, 2.75) is 12.5 Å². The summed E-state index contributed by atoms with van der Waals surface area (Å²) < 4.78 is 11.2. The monoisotopic (exact) mass is 479 g/mol. The molecule has 5 nitrogen and oxygen atoms in total. The van der Waals surface area contributed by atoms with Crippen molar-refractivity contribution >= 4 is 40.1 Å². The van der Waals surface area contributed by atoms with E-state index in [4.69, 9.17) is 32.4 Å². The van der Waals surface area contributed by atoms with E-state index in [0.717, 1.165) is 11.3 Å². The Kier molecular flexibility index (Phi) is 5.60. The van der Waals surface area contributed by atoms with Crippen LogP contribution < -0.4 is 10.2 Å². The Morgan fingerprint density at radius 2 is 1.73 bits per heavy atom. The largest absolute Gasteiger partial charge is 0.497 e. The molecule has 0 saturated heterocycles. The average Bonchev–Trinajstić information content (AvgIpc) is 3.11. The third-order valence-electron chi connectivity index (χ3n) is 5.93. The summed E-state index contributed by atoms with van der Waals surface area (Å²) in [7, 11) is 1.62. The zero-order valence-corrected chi connectivity index (χ0v) is 19.2. The van der Waals surface area contributed by atoms with Gasteiger partial charge in [-0.2, -0.15) is 0 Å². The van der Waals surface area contributed by atoms with Gasteiger partial charge in [0.05, 0.1) is 34.1 Å². The van der Waals surface area contributed by atoms with E-state index in [1.54, 1.807) is 54.5 Å². The van der Waals surface area contributed by atoms with Crippen molar-refractivity contribution in [1.29, 1.82) is 0 Å². The number of fused-ring (bicyclic) bond motifs is 2. The molecular weight excluding hydrogens is 461 g/mol. The topological polar surface area (TPSA) is 59.8 Å². The zero-order chi connectivity index (χ0) is 23.1. The van der Waals surface area contributed by atoms with Crippen molar-refractivity contribution in [3.63, 3.8) is 0 Å². The molecular formula is C26H19Cl2NO4. The zero-order valence-electron chi connectivity index (χ0n) is 17.7. The van der Waals surface area contributed by atoms with Crippen LogP contribution in [-0.2, 0) is 6.42 Å². The lowest BCUT2D eigenvalue weighted by atomic mass is 9.98. The number of nitrogens with zero attached hydrogens (tertiary/aromatic N) is 1. The molecule has 1 aromatic heterocycles. The van der Waals surface area contributed by atoms with E-state index < -0.39 is 6.04 Å². The van der Waals surface area contributed by atoms with Crippen LogP contribution in [0.3, 0.4) is 0 Å². The van der Waals surface area contributed by atoms with Crippen LogP contribution >= 0.6 is 23.2 Å². The van der Waals surface area contributed by atoms with Crippen molar-refractivity contribution in [2.75, 3.05) is 13.7 Å². The smallest absolute Gasteiger partial charge is 0.290 e. The standard InChI is InChI=1S/C26H19Cl2NO4/c1-32-17-9-6-15(7-10-17)12-13-29-23(16-8-11-19(27)20(28)14-16)22-24(30)18-4-2-3-5-21(18)33-25(22)26(29)31/h2-11,14,23H,12-13H2,1H3/t23-/m1/s1. The molecule has 166 valence electrons. The van der Waals surface area contributed by atoms with Gasteiger partial charge < -0.3 is 14.1 Å². The van der Waals surface area contributed by atoms with Crippen molar-refractivity contribution in [2.24, 2.45) is 0 Å². The molecule has 0 fully saturated rings. The van der Waals surface area contributed by atoms with Gasteiger partial charge in [-0.1, -0.05) is 53.5 Å². The highest BCUT2D eigenvalue weighted by Gasteiger charge is 2.42.